The summed E-state index contributed by atoms with van der Waals surface area (Å²) in [5.74, 6) is 0. The van der Waals surface area contributed by atoms with Crippen molar-refractivity contribution < 1.29 is 13.5 Å². The minimum absolute atomic E-state index is 1.10. The van der Waals surface area contributed by atoms with Crippen LogP contribution >= 0.6 is 28.8 Å². The molecule has 0 aliphatic heterocycles. The van der Waals surface area contributed by atoms with E-state index in [1.807, 2.05) is 52.0 Å². The second-order valence-electron chi connectivity index (χ2n) is 5.62. The van der Waals surface area contributed by atoms with Gasteiger partial charge in [0.25, 0.3) is 0 Å². The maximum absolute atomic E-state index is 4.97. The number of halogens is 3. The molecule has 0 unspecified atom stereocenters. The number of hydrogen-bond donors (Lipinski definition) is 0. The molecule has 0 N–H and O–H groups in total. The van der Waals surface area contributed by atoms with Crippen LogP contribution in [-0.4, -0.2) is 15.0 Å². The molecular formula is C20H25Cl3IrN3. The number of aromatic nitrogens is 3. The molecule has 0 saturated heterocycles. The average Bonchev–Trinajstić information content (AvgIpc) is 2.55. The van der Waals surface area contributed by atoms with Gasteiger partial charge in [-0.1, -0.05) is 0 Å². The van der Waals surface area contributed by atoms with Crippen LogP contribution in [-0.2, 0) is 13.5 Å². The van der Waals surface area contributed by atoms with Crippen molar-refractivity contribution in [1.82, 2.24) is 15.0 Å². The summed E-state index contributed by atoms with van der Waals surface area (Å²) >= 11 is -1.92. The molecule has 3 aromatic heterocycles. The summed E-state index contributed by atoms with van der Waals surface area (Å²) in [5.41, 5.74) is 6.02. The van der Waals surface area contributed by atoms with Crippen LogP contribution in [0.3, 0.4) is 0 Å². The van der Waals surface area contributed by atoms with Gasteiger partial charge in [-0.3, -0.25) is 15.0 Å². The quantitative estimate of drug-likeness (QED) is 0.281. The zero-order chi connectivity index (χ0) is 20.7. The topological polar surface area (TPSA) is 38.7 Å². The van der Waals surface area contributed by atoms with E-state index < -0.39 is 13.5 Å². The molecule has 27 heavy (non-hydrogen) atoms. The van der Waals surface area contributed by atoms with Gasteiger partial charge < -0.3 is 0 Å². The molecule has 0 saturated carbocycles. The molecule has 0 radical (unpaired) electrons. The van der Waals surface area contributed by atoms with E-state index in [1.54, 1.807) is 24.8 Å². The molecule has 0 atom stereocenters. The van der Waals surface area contributed by atoms with Gasteiger partial charge in [-0.15, -0.1) is 0 Å². The molecule has 3 heterocycles. The van der Waals surface area contributed by atoms with Crippen molar-refractivity contribution in [1.29, 1.82) is 0 Å². The second-order valence-corrected chi connectivity index (χ2v) is 16.0. The molecular weight excluding hydrogens is 581 g/mol. The van der Waals surface area contributed by atoms with E-state index in [4.69, 9.17) is 28.8 Å². The van der Waals surface area contributed by atoms with Crippen LogP contribution in [0.25, 0.3) is 0 Å². The fourth-order valence-corrected chi connectivity index (χ4v) is 1.90. The Labute approximate surface area is 180 Å². The molecule has 0 bridgehead atoms. The fourth-order valence-electron chi connectivity index (χ4n) is 1.90. The summed E-state index contributed by atoms with van der Waals surface area (Å²) in [4.78, 5) is 11.9. The molecule has 150 valence electrons. The molecule has 0 fully saturated rings. The number of rotatable bonds is 0. The van der Waals surface area contributed by atoms with E-state index in [9.17, 15) is 0 Å². The number of aryl methyl sites for hydroxylation is 5. The van der Waals surface area contributed by atoms with Gasteiger partial charge in [-0.25, -0.2) is 0 Å². The van der Waals surface area contributed by atoms with Crippen LogP contribution < -0.4 is 0 Å². The fraction of sp³-hybridized carbons (Fsp3) is 0.250. The summed E-state index contributed by atoms with van der Waals surface area (Å²) in [6.45, 7) is 10.2. The number of nitrogens with zero attached hydrogens (tertiary/aromatic N) is 3. The molecule has 0 aliphatic carbocycles. The van der Waals surface area contributed by atoms with Crippen molar-refractivity contribution in [2.75, 3.05) is 0 Å². The molecule has 3 aromatic rings. The van der Waals surface area contributed by atoms with Crippen molar-refractivity contribution >= 4 is 28.8 Å². The van der Waals surface area contributed by atoms with E-state index in [0.717, 1.165) is 11.4 Å². The number of pyridine rings is 3. The maximum atomic E-state index is 4.97. The van der Waals surface area contributed by atoms with E-state index in [-0.39, 0.29) is 0 Å². The van der Waals surface area contributed by atoms with Gasteiger partial charge in [-0.05, 0) is 87.7 Å². The van der Waals surface area contributed by atoms with E-state index in [1.165, 1.54) is 16.7 Å². The third kappa shape index (κ3) is 18.1. The van der Waals surface area contributed by atoms with Crippen molar-refractivity contribution in [3.05, 3.63) is 89.3 Å². The van der Waals surface area contributed by atoms with Gasteiger partial charge in [0.05, 0.1) is 0 Å². The van der Waals surface area contributed by atoms with E-state index >= 15 is 0 Å². The minimum atomic E-state index is -1.92. The van der Waals surface area contributed by atoms with Crippen LogP contribution in [0.4, 0.5) is 0 Å². The van der Waals surface area contributed by atoms with Crippen LogP contribution in [0.15, 0.2) is 61.2 Å². The van der Waals surface area contributed by atoms with Gasteiger partial charge in [0.15, 0.2) is 0 Å². The normalized spacial score (nSPS) is 9.41. The molecule has 3 rings (SSSR count). The Balaban J connectivity index is 0.000000346. The van der Waals surface area contributed by atoms with Gasteiger partial charge in [0.1, 0.15) is 0 Å². The van der Waals surface area contributed by atoms with Crippen LogP contribution in [0, 0.1) is 34.6 Å². The molecule has 0 spiro atoms. The average molecular weight is 606 g/mol. The van der Waals surface area contributed by atoms with Crippen LogP contribution in [0.5, 0.6) is 0 Å². The Hall–Kier alpha value is -1.03. The predicted molar refractivity (Wildman–Crippen MR) is 114 cm³/mol. The Morgan fingerprint density at radius 1 is 0.593 bits per heavy atom. The zero-order valence-corrected chi connectivity index (χ0v) is 20.7. The zero-order valence-electron chi connectivity index (χ0n) is 16.1. The summed E-state index contributed by atoms with van der Waals surface area (Å²) in [5, 5.41) is 0. The van der Waals surface area contributed by atoms with Crippen molar-refractivity contribution in [3.63, 3.8) is 0 Å². The standard InChI is InChI=1S/C8H11N.2C6H7N.3ClH.Ir/c1-6-4-7(2)9-8(3)5-6;2*1-6-2-4-7-5-3-6;;;;/h4-5H,1-3H3;2*2-5H,1H3;3*1H;/q;;;;;;+3/p-3. The Bertz CT molecular complexity index is 651. The summed E-state index contributed by atoms with van der Waals surface area (Å²) < 4.78 is 0. The van der Waals surface area contributed by atoms with Crippen molar-refractivity contribution in [3.8, 4) is 0 Å². The summed E-state index contributed by atoms with van der Waals surface area (Å²) in [6, 6.07) is 12.0. The van der Waals surface area contributed by atoms with E-state index in [0.29, 0.717) is 0 Å². The predicted octanol–water partition coefficient (Wildman–Crippen LogP) is 6.85. The van der Waals surface area contributed by atoms with Crippen molar-refractivity contribution in [2.45, 2.75) is 34.6 Å². The van der Waals surface area contributed by atoms with Crippen molar-refractivity contribution in [2.24, 2.45) is 0 Å². The first-order valence-corrected chi connectivity index (χ1v) is 16.9. The molecule has 3 nitrogen and oxygen atoms in total. The Kier molecular flexibility index (Phi) is 15.4. The molecule has 0 amide bonds. The van der Waals surface area contributed by atoms with Gasteiger partial charge in [0.2, 0.25) is 0 Å². The van der Waals surface area contributed by atoms with Crippen LogP contribution in [0.2, 0.25) is 0 Å². The van der Waals surface area contributed by atoms with Gasteiger partial charge >= 0.3 is 42.2 Å². The number of hydrogen-bond acceptors (Lipinski definition) is 3. The summed E-state index contributed by atoms with van der Waals surface area (Å²) in [7, 11) is 14.9. The van der Waals surface area contributed by atoms with Gasteiger partial charge in [0, 0.05) is 36.2 Å². The first kappa shape index (κ1) is 26.0. The SMILES string of the molecule is Cc1cc(C)nc(C)c1.Cc1ccncc1.Cc1ccncc1.[Cl][Ir]([Cl])[Cl]. The third-order valence-electron chi connectivity index (χ3n) is 2.92. The molecule has 0 aromatic carbocycles. The first-order valence-electron chi connectivity index (χ1n) is 8.00. The van der Waals surface area contributed by atoms with Crippen LogP contribution in [0.1, 0.15) is 28.1 Å². The monoisotopic (exact) mass is 605 g/mol. The second kappa shape index (κ2) is 16.0. The molecule has 7 heteroatoms. The first-order chi connectivity index (χ1) is 12.7. The third-order valence-corrected chi connectivity index (χ3v) is 2.92. The summed E-state index contributed by atoms with van der Waals surface area (Å²) in [6.07, 6.45) is 7.15. The van der Waals surface area contributed by atoms with E-state index in [2.05, 4.69) is 34.0 Å². The molecule has 0 aliphatic rings. The van der Waals surface area contributed by atoms with Gasteiger partial charge in [-0.2, -0.15) is 0 Å². The Morgan fingerprint density at radius 2 is 0.889 bits per heavy atom. The Morgan fingerprint density at radius 3 is 1.07 bits per heavy atom.